The highest BCUT2D eigenvalue weighted by atomic mass is 32.2. The fraction of sp³-hybridized carbons (Fsp3) is 0.308. The molecule has 0 bridgehead atoms. The number of nitrogens with one attached hydrogen (secondary N) is 1. The lowest BCUT2D eigenvalue weighted by Crippen LogP contribution is -2.28. The van der Waals surface area contributed by atoms with Gasteiger partial charge in [-0.25, -0.2) is 13.1 Å². The zero-order valence-electron chi connectivity index (χ0n) is 10.9. The molecule has 0 aliphatic heterocycles. The van der Waals surface area contributed by atoms with E-state index >= 15 is 0 Å². The summed E-state index contributed by atoms with van der Waals surface area (Å²) in [6.07, 6.45) is 3.52. The van der Waals surface area contributed by atoms with Crippen molar-refractivity contribution in [2.24, 2.45) is 7.05 Å². The molecule has 19 heavy (non-hydrogen) atoms. The Bertz CT molecular complexity index is 635. The second-order valence-corrected chi connectivity index (χ2v) is 6.06. The highest BCUT2D eigenvalue weighted by Gasteiger charge is 2.21. The lowest BCUT2D eigenvalue weighted by Gasteiger charge is -2.16. The summed E-state index contributed by atoms with van der Waals surface area (Å²) in [5.41, 5.74) is 0.956. The summed E-state index contributed by atoms with van der Waals surface area (Å²) in [4.78, 5) is 0.185. The maximum absolute atomic E-state index is 12.2. The molecule has 102 valence electrons. The summed E-state index contributed by atoms with van der Waals surface area (Å²) in [7, 11) is -1.84. The van der Waals surface area contributed by atoms with Gasteiger partial charge in [-0.1, -0.05) is 37.3 Å². The predicted molar refractivity (Wildman–Crippen MR) is 73.0 cm³/mol. The molecule has 1 aromatic heterocycles. The minimum Gasteiger partial charge on any atom is -0.274 e. The normalized spacial score (nSPS) is 13.4. The molecule has 1 N–H and O–H groups in total. The van der Waals surface area contributed by atoms with Gasteiger partial charge in [0, 0.05) is 19.3 Å². The Labute approximate surface area is 113 Å². The van der Waals surface area contributed by atoms with Crippen molar-refractivity contribution in [3.05, 3.63) is 48.3 Å². The van der Waals surface area contributed by atoms with E-state index in [2.05, 4.69) is 9.82 Å². The molecular weight excluding hydrogens is 262 g/mol. The Morgan fingerprint density at radius 1 is 1.32 bits per heavy atom. The van der Waals surface area contributed by atoms with Crippen LogP contribution in [-0.4, -0.2) is 18.2 Å². The van der Waals surface area contributed by atoms with E-state index in [9.17, 15) is 8.42 Å². The standard InChI is InChI=1S/C13H17N3O2S/c1-3-13(11-7-5-4-6-8-11)15-19(17,18)12-9-14-16(2)10-12/h4-10,13,15H,3H2,1-2H3/t13-/m1/s1. The van der Waals surface area contributed by atoms with Gasteiger partial charge in [-0.05, 0) is 12.0 Å². The number of hydrogen-bond acceptors (Lipinski definition) is 3. The predicted octanol–water partition coefficient (Wildman–Crippen LogP) is 1.85. The largest absolute Gasteiger partial charge is 0.274 e. The number of hydrogen-bond donors (Lipinski definition) is 1. The van der Waals surface area contributed by atoms with Crippen LogP contribution in [0.15, 0.2) is 47.6 Å². The van der Waals surface area contributed by atoms with Crippen LogP contribution in [0, 0.1) is 0 Å². The van der Waals surface area contributed by atoms with Crippen LogP contribution in [0.4, 0.5) is 0 Å². The summed E-state index contributed by atoms with van der Waals surface area (Å²) in [5, 5.41) is 3.89. The van der Waals surface area contributed by atoms with Crippen molar-refractivity contribution in [3.63, 3.8) is 0 Å². The Morgan fingerprint density at radius 3 is 2.53 bits per heavy atom. The number of aryl methyl sites for hydroxylation is 1. The molecule has 1 heterocycles. The summed E-state index contributed by atoms with van der Waals surface area (Å²) < 4.78 is 28.6. The first-order chi connectivity index (χ1) is 9.03. The van der Waals surface area contributed by atoms with Crippen molar-refractivity contribution in [2.45, 2.75) is 24.3 Å². The second-order valence-electron chi connectivity index (χ2n) is 4.34. The molecule has 0 saturated heterocycles. The quantitative estimate of drug-likeness (QED) is 0.908. The average Bonchev–Trinajstić information content (AvgIpc) is 2.85. The van der Waals surface area contributed by atoms with Gasteiger partial charge in [0.1, 0.15) is 4.90 Å². The van der Waals surface area contributed by atoms with E-state index in [1.807, 2.05) is 37.3 Å². The first kappa shape index (κ1) is 13.8. The van der Waals surface area contributed by atoms with Crippen LogP contribution in [0.5, 0.6) is 0 Å². The van der Waals surface area contributed by atoms with Crippen LogP contribution in [0.3, 0.4) is 0 Å². The zero-order valence-corrected chi connectivity index (χ0v) is 11.8. The number of benzene rings is 1. The van der Waals surface area contributed by atoms with Gasteiger partial charge in [0.2, 0.25) is 10.0 Å². The Hall–Kier alpha value is -1.66. The fourth-order valence-corrected chi connectivity index (χ4v) is 3.16. The van der Waals surface area contributed by atoms with Crippen LogP contribution >= 0.6 is 0 Å². The zero-order chi connectivity index (χ0) is 13.9. The monoisotopic (exact) mass is 279 g/mol. The highest BCUT2D eigenvalue weighted by Crippen LogP contribution is 2.19. The first-order valence-electron chi connectivity index (χ1n) is 6.09. The molecular formula is C13H17N3O2S. The van der Waals surface area contributed by atoms with Crippen LogP contribution in [0.25, 0.3) is 0 Å². The Balaban J connectivity index is 2.23. The number of nitrogens with zero attached hydrogens (tertiary/aromatic N) is 2. The molecule has 0 saturated carbocycles. The van der Waals surface area contributed by atoms with Crippen molar-refractivity contribution in [3.8, 4) is 0 Å². The molecule has 1 aromatic carbocycles. The Kier molecular flexibility index (Phi) is 4.01. The van der Waals surface area contributed by atoms with Crippen LogP contribution in [-0.2, 0) is 17.1 Å². The van der Waals surface area contributed by atoms with Crippen molar-refractivity contribution in [1.82, 2.24) is 14.5 Å². The molecule has 0 spiro atoms. The molecule has 5 nitrogen and oxygen atoms in total. The first-order valence-corrected chi connectivity index (χ1v) is 7.57. The van der Waals surface area contributed by atoms with Gasteiger partial charge in [0.15, 0.2) is 0 Å². The second kappa shape index (κ2) is 5.54. The van der Waals surface area contributed by atoms with Gasteiger partial charge >= 0.3 is 0 Å². The van der Waals surface area contributed by atoms with Crippen molar-refractivity contribution < 1.29 is 8.42 Å². The van der Waals surface area contributed by atoms with E-state index in [-0.39, 0.29) is 10.9 Å². The summed E-state index contributed by atoms with van der Waals surface area (Å²) in [6, 6.07) is 9.31. The van der Waals surface area contributed by atoms with Gasteiger partial charge in [-0.15, -0.1) is 0 Å². The minimum absolute atomic E-state index is 0.185. The van der Waals surface area contributed by atoms with Crippen LogP contribution < -0.4 is 4.72 Å². The molecule has 0 amide bonds. The maximum Gasteiger partial charge on any atom is 0.244 e. The van der Waals surface area contributed by atoms with E-state index in [1.54, 1.807) is 7.05 Å². The van der Waals surface area contributed by atoms with Crippen LogP contribution in [0.1, 0.15) is 24.9 Å². The minimum atomic E-state index is -3.53. The lowest BCUT2D eigenvalue weighted by molar-refractivity contribution is 0.550. The maximum atomic E-state index is 12.2. The summed E-state index contributed by atoms with van der Waals surface area (Å²) >= 11 is 0. The number of sulfonamides is 1. The topological polar surface area (TPSA) is 64.0 Å². The molecule has 0 aliphatic rings. The smallest absolute Gasteiger partial charge is 0.244 e. The molecule has 1 atom stereocenters. The molecule has 2 aromatic rings. The Morgan fingerprint density at radius 2 is 2.00 bits per heavy atom. The molecule has 0 fully saturated rings. The molecule has 6 heteroatoms. The van der Waals surface area contributed by atoms with E-state index in [4.69, 9.17) is 0 Å². The van der Waals surface area contributed by atoms with Crippen molar-refractivity contribution in [2.75, 3.05) is 0 Å². The SMILES string of the molecule is CC[C@@H](NS(=O)(=O)c1cnn(C)c1)c1ccccc1. The average molecular weight is 279 g/mol. The van der Waals surface area contributed by atoms with Gasteiger partial charge < -0.3 is 0 Å². The fourth-order valence-electron chi connectivity index (χ4n) is 1.87. The summed E-state index contributed by atoms with van der Waals surface area (Å²) in [6.45, 7) is 1.95. The van der Waals surface area contributed by atoms with Gasteiger partial charge in [0.25, 0.3) is 0 Å². The summed E-state index contributed by atoms with van der Waals surface area (Å²) in [5.74, 6) is 0. The molecule has 0 radical (unpaired) electrons. The van der Waals surface area contributed by atoms with Gasteiger partial charge in [-0.2, -0.15) is 5.10 Å². The van der Waals surface area contributed by atoms with E-state index in [0.717, 1.165) is 5.56 Å². The van der Waals surface area contributed by atoms with E-state index < -0.39 is 10.0 Å². The van der Waals surface area contributed by atoms with E-state index in [0.29, 0.717) is 6.42 Å². The van der Waals surface area contributed by atoms with Crippen LogP contribution in [0.2, 0.25) is 0 Å². The van der Waals surface area contributed by atoms with E-state index in [1.165, 1.54) is 17.1 Å². The van der Waals surface area contributed by atoms with Crippen molar-refractivity contribution >= 4 is 10.0 Å². The molecule has 0 aliphatic carbocycles. The molecule has 2 rings (SSSR count). The lowest BCUT2D eigenvalue weighted by atomic mass is 10.1. The third-order valence-electron chi connectivity index (χ3n) is 2.90. The van der Waals surface area contributed by atoms with Gasteiger partial charge in [-0.3, -0.25) is 4.68 Å². The number of rotatable bonds is 5. The van der Waals surface area contributed by atoms with Gasteiger partial charge in [0.05, 0.1) is 6.20 Å². The van der Waals surface area contributed by atoms with Crippen molar-refractivity contribution in [1.29, 1.82) is 0 Å². The highest BCUT2D eigenvalue weighted by molar-refractivity contribution is 7.89. The number of aromatic nitrogens is 2. The molecule has 0 unspecified atom stereocenters. The third-order valence-corrected chi connectivity index (χ3v) is 4.33. The third kappa shape index (κ3) is 3.21.